The summed E-state index contributed by atoms with van der Waals surface area (Å²) in [6, 6.07) is 12.3. The lowest BCUT2D eigenvalue weighted by atomic mass is 9.99. The number of carbonyl (C=O) groups excluding carboxylic acids is 1. The Balaban J connectivity index is 0.00000432. The van der Waals surface area contributed by atoms with E-state index >= 15 is 0 Å². The standard InChI is InChI=1S/C23H29ClN8O2.ClH/c24-19-21(27)31-20(26)18(30-19)22(33)32-23(28)29-12-4-3-6-14-9-10-17(34-13-5-11-25)16-8-2-1-7-15(14)16;/h1-2,7-10H,3-6,11-13,25H2,(H4,26,27,31)(H3,28,29,32,33);1H. The Labute approximate surface area is 214 Å². The summed E-state index contributed by atoms with van der Waals surface area (Å²) in [4.78, 5) is 24.1. The number of guanidine groups is 1. The highest BCUT2D eigenvalue weighted by molar-refractivity contribution is 6.31. The van der Waals surface area contributed by atoms with E-state index in [2.05, 4.69) is 38.5 Å². The molecule has 0 saturated carbocycles. The molecule has 0 saturated heterocycles. The lowest BCUT2D eigenvalue weighted by Gasteiger charge is -2.12. The molecule has 0 radical (unpaired) electrons. The summed E-state index contributed by atoms with van der Waals surface area (Å²) in [6.45, 7) is 1.65. The second-order valence-electron chi connectivity index (χ2n) is 7.57. The molecule has 0 aliphatic rings. The number of halogens is 2. The smallest absolute Gasteiger partial charge is 0.280 e. The normalized spacial score (nSPS) is 11.2. The number of ether oxygens (including phenoxy) is 1. The maximum absolute atomic E-state index is 12.3. The molecule has 2 aromatic carbocycles. The van der Waals surface area contributed by atoms with Gasteiger partial charge in [-0.05, 0) is 49.2 Å². The summed E-state index contributed by atoms with van der Waals surface area (Å²) in [5, 5.41) is 4.58. The van der Waals surface area contributed by atoms with Crippen LogP contribution in [-0.2, 0) is 6.42 Å². The van der Waals surface area contributed by atoms with E-state index in [1.165, 1.54) is 10.9 Å². The largest absolute Gasteiger partial charge is 0.493 e. The number of hydrogen-bond acceptors (Lipinski definition) is 8. The van der Waals surface area contributed by atoms with Crippen LogP contribution in [0.1, 0.15) is 35.3 Å². The zero-order chi connectivity index (χ0) is 24.5. The number of fused-ring (bicyclic) bond motifs is 1. The first-order valence-electron chi connectivity index (χ1n) is 10.9. The minimum atomic E-state index is -0.659. The summed E-state index contributed by atoms with van der Waals surface area (Å²) < 4.78 is 5.89. The van der Waals surface area contributed by atoms with Crippen molar-refractivity contribution in [2.45, 2.75) is 25.7 Å². The van der Waals surface area contributed by atoms with Crippen LogP contribution >= 0.6 is 24.0 Å². The summed E-state index contributed by atoms with van der Waals surface area (Å²) in [6.07, 6.45) is 3.37. The second kappa shape index (κ2) is 13.5. The molecule has 10 nitrogen and oxygen atoms in total. The van der Waals surface area contributed by atoms with Gasteiger partial charge in [-0.25, -0.2) is 9.97 Å². The maximum atomic E-state index is 12.3. The van der Waals surface area contributed by atoms with Gasteiger partial charge in [0.05, 0.1) is 6.61 Å². The topological polar surface area (TPSA) is 181 Å². The third-order valence-corrected chi connectivity index (χ3v) is 5.36. The number of nitrogen functional groups attached to an aromatic ring is 2. The van der Waals surface area contributed by atoms with Crippen LogP contribution in [0, 0.1) is 0 Å². The second-order valence-corrected chi connectivity index (χ2v) is 7.93. The number of nitrogens with zero attached hydrogens (tertiary/aromatic N) is 3. The van der Waals surface area contributed by atoms with Crippen molar-refractivity contribution in [1.29, 1.82) is 0 Å². The average molecular weight is 521 g/mol. The van der Waals surface area contributed by atoms with E-state index in [1.807, 2.05) is 18.2 Å². The van der Waals surface area contributed by atoms with Crippen molar-refractivity contribution in [1.82, 2.24) is 15.3 Å². The molecule has 12 heteroatoms. The first kappa shape index (κ1) is 27.9. The molecule has 0 spiro atoms. The van der Waals surface area contributed by atoms with Crippen molar-refractivity contribution in [3.63, 3.8) is 0 Å². The predicted molar refractivity (Wildman–Crippen MR) is 143 cm³/mol. The minimum absolute atomic E-state index is 0. The third kappa shape index (κ3) is 7.57. The zero-order valence-electron chi connectivity index (χ0n) is 19.2. The molecule has 3 rings (SSSR count). The first-order valence-corrected chi connectivity index (χ1v) is 11.3. The highest BCUT2D eigenvalue weighted by Gasteiger charge is 2.16. The number of rotatable bonds is 10. The molecular formula is C23H30Cl2N8O2. The average Bonchev–Trinajstić information content (AvgIpc) is 2.82. The van der Waals surface area contributed by atoms with E-state index in [0.717, 1.165) is 36.8 Å². The van der Waals surface area contributed by atoms with Gasteiger partial charge in [0.25, 0.3) is 5.91 Å². The fourth-order valence-electron chi connectivity index (χ4n) is 3.39. The fraction of sp³-hybridized carbons (Fsp3) is 0.304. The number of aromatic nitrogens is 2. The number of aryl methyl sites for hydroxylation is 1. The highest BCUT2D eigenvalue weighted by Crippen LogP contribution is 2.29. The molecule has 0 unspecified atom stereocenters. The Morgan fingerprint density at radius 3 is 2.51 bits per heavy atom. The van der Waals surface area contributed by atoms with Gasteiger partial charge in [-0.1, -0.05) is 41.9 Å². The predicted octanol–water partition coefficient (Wildman–Crippen LogP) is 2.66. The van der Waals surface area contributed by atoms with Crippen molar-refractivity contribution >= 4 is 58.3 Å². The van der Waals surface area contributed by atoms with E-state index in [4.69, 9.17) is 39.3 Å². The molecule has 9 N–H and O–H groups in total. The Morgan fingerprint density at radius 1 is 1.03 bits per heavy atom. The Bertz CT molecular complexity index is 1190. The minimum Gasteiger partial charge on any atom is -0.493 e. The molecule has 0 aliphatic heterocycles. The number of anilines is 2. The first-order chi connectivity index (χ1) is 16.4. The molecule has 0 bridgehead atoms. The summed E-state index contributed by atoms with van der Waals surface area (Å²) in [5.41, 5.74) is 23.6. The molecular weight excluding hydrogens is 491 g/mol. The Kier molecular flexibility index (Phi) is 10.8. The number of nitrogens with two attached hydrogens (primary N) is 4. The summed E-state index contributed by atoms with van der Waals surface area (Å²) >= 11 is 5.80. The van der Waals surface area contributed by atoms with Gasteiger partial charge in [-0.15, -0.1) is 12.4 Å². The van der Waals surface area contributed by atoms with Gasteiger partial charge in [0.2, 0.25) is 0 Å². The molecule has 1 amide bonds. The van der Waals surface area contributed by atoms with Crippen LogP contribution in [0.15, 0.2) is 41.4 Å². The van der Waals surface area contributed by atoms with Gasteiger partial charge in [0.15, 0.2) is 28.4 Å². The zero-order valence-corrected chi connectivity index (χ0v) is 20.7. The monoisotopic (exact) mass is 520 g/mol. The molecule has 3 aromatic rings. The van der Waals surface area contributed by atoms with Gasteiger partial charge < -0.3 is 27.7 Å². The van der Waals surface area contributed by atoms with Gasteiger partial charge >= 0.3 is 0 Å². The van der Waals surface area contributed by atoms with E-state index in [9.17, 15) is 4.79 Å². The van der Waals surface area contributed by atoms with Crippen LogP contribution in [-0.4, -0.2) is 41.5 Å². The molecule has 0 aliphatic carbocycles. The SMILES string of the molecule is Cl.NCCCOc1ccc(CCCCN=C(N)NC(=O)c2nc(Cl)c(N)nc2N)c2ccccc12. The maximum Gasteiger partial charge on any atom is 0.280 e. The van der Waals surface area contributed by atoms with Crippen molar-refractivity contribution in [2.24, 2.45) is 16.5 Å². The van der Waals surface area contributed by atoms with E-state index in [-0.39, 0.29) is 40.8 Å². The molecule has 1 heterocycles. The summed E-state index contributed by atoms with van der Waals surface area (Å²) in [5.74, 6) is -0.0280. The Morgan fingerprint density at radius 2 is 1.77 bits per heavy atom. The number of amides is 1. The molecule has 1 aromatic heterocycles. The van der Waals surface area contributed by atoms with Gasteiger partial charge in [-0.3, -0.25) is 15.1 Å². The molecule has 0 atom stereocenters. The lowest BCUT2D eigenvalue weighted by Crippen LogP contribution is -2.38. The van der Waals surface area contributed by atoms with Gasteiger partial charge in [-0.2, -0.15) is 0 Å². The van der Waals surface area contributed by atoms with E-state index < -0.39 is 5.91 Å². The Hall–Kier alpha value is -3.34. The van der Waals surface area contributed by atoms with Crippen LogP contribution in [0.3, 0.4) is 0 Å². The number of nitrogens with one attached hydrogen (secondary N) is 1. The van der Waals surface area contributed by atoms with E-state index in [1.54, 1.807) is 0 Å². The summed E-state index contributed by atoms with van der Waals surface area (Å²) in [7, 11) is 0. The molecule has 35 heavy (non-hydrogen) atoms. The van der Waals surface area contributed by atoms with Gasteiger partial charge in [0.1, 0.15) is 5.75 Å². The van der Waals surface area contributed by atoms with Crippen LogP contribution < -0.4 is 33.0 Å². The lowest BCUT2D eigenvalue weighted by molar-refractivity contribution is 0.0972. The van der Waals surface area contributed by atoms with Crippen LogP contribution in [0.2, 0.25) is 5.15 Å². The quantitative estimate of drug-likeness (QED) is 0.153. The number of unbranched alkanes of at least 4 members (excludes halogenated alkanes) is 1. The van der Waals surface area contributed by atoms with Crippen LogP contribution in [0.4, 0.5) is 11.6 Å². The van der Waals surface area contributed by atoms with Crippen molar-refractivity contribution < 1.29 is 9.53 Å². The van der Waals surface area contributed by atoms with Crippen molar-refractivity contribution in [3.05, 3.63) is 52.8 Å². The van der Waals surface area contributed by atoms with Crippen molar-refractivity contribution in [2.75, 3.05) is 31.2 Å². The molecule has 188 valence electrons. The van der Waals surface area contributed by atoms with Crippen LogP contribution in [0.5, 0.6) is 5.75 Å². The van der Waals surface area contributed by atoms with Gasteiger partial charge in [0, 0.05) is 11.9 Å². The van der Waals surface area contributed by atoms with Crippen LogP contribution in [0.25, 0.3) is 10.8 Å². The fourth-order valence-corrected chi connectivity index (χ4v) is 3.52. The number of hydrogen-bond donors (Lipinski definition) is 5. The number of carbonyl (C=O) groups is 1. The number of aliphatic imine (C=N–C) groups is 1. The highest BCUT2D eigenvalue weighted by atomic mass is 35.5. The van der Waals surface area contributed by atoms with Crippen molar-refractivity contribution in [3.8, 4) is 5.75 Å². The molecule has 0 fully saturated rings. The van der Waals surface area contributed by atoms with E-state index in [0.29, 0.717) is 19.7 Å². The number of benzene rings is 2. The third-order valence-electron chi connectivity index (χ3n) is 5.08.